The molecule has 5 heteroatoms. The lowest BCUT2D eigenvalue weighted by molar-refractivity contribution is -0.113. The molecule has 2 aliphatic rings. The van der Waals surface area contributed by atoms with E-state index in [4.69, 9.17) is 4.74 Å². The van der Waals surface area contributed by atoms with Gasteiger partial charge < -0.3 is 10.1 Å². The van der Waals surface area contributed by atoms with Crippen molar-refractivity contribution in [2.75, 3.05) is 6.61 Å². The Morgan fingerprint density at radius 1 is 1.62 bits per heavy atom. The maximum Gasteiger partial charge on any atom is 0.0893 e. The first-order valence-electron chi connectivity index (χ1n) is 5.80. The maximum absolute atomic E-state index is 5.77. The number of hydrogen-bond acceptors (Lipinski definition) is 5. The number of fused-ring (bicyclic) bond motifs is 1. The molecule has 4 nitrogen and oxygen atoms in total. The molecule has 0 bridgehead atoms. The van der Waals surface area contributed by atoms with Crippen molar-refractivity contribution in [3.05, 3.63) is 11.1 Å². The quantitative estimate of drug-likeness (QED) is 0.867. The fraction of sp³-hybridized carbons (Fsp3) is 0.818. The smallest absolute Gasteiger partial charge is 0.0893 e. The van der Waals surface area contributed by atoms with Crippen LogP contribution in [0.4, 0.5) is 0 Å². The van der Waals surface area contributed by atoms with Gasteiger partial charge in [-0.1, -0.05) is 18.3 Å². The van der Waals surface area contributed by atoms with E-state index >= 15 is 0 Å². The van der Waals surface area contributed by atoms with Crippen LogP contribution in [-0.2, 0) is 11.3 Å². The van der Waals surface area contributed by atoms with Gasteiger partial charge in [-0.25, -0.2) is 0 Å². The summed E-state index contributed by atoms with van der Waals surface area (Å²) >= 11 is 1.41. The zero-order valence-electron chi connectivity index (χ0n) is 9.64. The van der Waals surface area contributed by atoms with Gasteiger partial charge in [0.25, 0.3) is 0 Å². The van der Waals surface area contributed by atoms with E-state index in [2.05, 4.69) is 28.8 Å². The number of hydrogen-bond donors (Lipinski definition) is 1. The Morgan fingerprint density at radius 3 is 3.25 bits per heavy atom. The van der Waals surface area contributed by atoms with Gasteiger partial charge in [-0.3, -0.25) is 0 Å². The lowest BCUT2D eigenvalue weighted by Gasteiger charge is -2.54. The molecule has 3 unspecified atom stereocenters. The first kappa shape index (κ1) is 10.6. The minimum atomic E-state index is 0.255. The van der Waals surface area contributed by atoms with Gasteiger partial charge in [-0.15, -0.1) is 5.10 Å². The summed E-state index contributed by atoms with van der Waals surface area (Å²) in [7, 11) is 0. The van der Waals surface area contributed by atoms with E-state index in [9.17, 15) is 0 Å². The summed E-state index contributed by atoms with van der Waals surface area (Å²) in [5.74, 6) is 0.696. The molecule has 1 aromatic heterocycles. The van der Waals surface area contributed by atoms with Crippen molar-refractivity contribution in [3.8, 4) is 0 Å². The highest BCUT2D eigenvalue weighted by Crippen LogP contribution is 2.52. The van der Waals surface area contributed by atoms with Crippen molar-refractivity contribution >= 4 is 11.5 Å². The number of ether oxygens (including phenoxy) is 1. The van der Waals surface area contributed by atoms with Crippen LogP contribution in [0.3, 0.4) is 0 Å². The summed E-state index contributed by atoms with van der Waals surface area (Å²) in [5, 5.41) is 9.66. The van der Waals surface area contributed by atoms with Crippen molar-refractivity contribution in [1.29, 1.82) is 0 Å². The largest absolute Gasteiger partial charge is 0.377 e. The summed E-state index contributed by atoms with van der Waals surface area (Å²) in [6, 6.07) is 0.557. The number of nitrogens with one attached hydrogen (secondary N) is 1. The third-order valence-electron chi connectivity index (χ3n) is 4.01. The van der Waals surface area contributed by atoms with Gasteiger partial charge in [0.05, 0.1) is 11.8 Å². The van der Waals surface area contributed by atoms with Crippen LogP contribution in [0.25, 0.3) is 0 Å². The van der Waals surface area contributed by atoms with Gasteiger partial charge in [-0.2, -0.15) is 0 Å². The lowest BCUT2D eigenvalue weighted by atomic mass is 9.57. The van der Waals surface area contributed by atoms with Crippen LogP contribution in [0.1, 0.15) is 26.0 Å². The van der Waals surface area contributed by atoms with Crippen LogP contribution in [-0.4, -0.2) is 28.3 Å². The molecule has 2 heterocycles. The monoisotopic (exact) mass is 239 g/mol. The van der Waals surface area contributed by atoms with Crippen LogP contribution < -0.4 is 5.32 Å². The molecule has 0 spiro atoms. The Bertz CT molecular complexity index is 365. The summed E-state index contributed by atoms with van der Waals surface area (Å²) in [5.41, 5.74) is 1.30. The molecule has 1 saturated heterocycles. The minimum Gasteiger partial charge on any atom is -0.377 e. The van der Waals surface area contributed by atoms with E-state index < -0.39 is 0 Å². The molecule has 3 atom stereocenters. The van der Waals surface area contributed by atoms with E-state index in [1.54, 1.807) is 0 Å². The molecule has 0 radical (unpaired) electrons. The molecule has 1 N–H and O–H groups in total. The van der Waals surface area contributed by atoms with Crippen LogP contribution in [0.2, 0.25) is 0 Å². The number of aromatic nitrogens is 2. The van der Waals surface area contributed by atoms with Crippen molar-refractivity contribution in [1.82, 2.24) is 14.9 Å². The number of nitrogens with zero attached hydrogens (tertiary/aromatic N) is 2. The molecule has 1 aliphatic heterocycles. The Kier molecular flexibility index (Phi) is 2.49. The second-order valence-corrected chi connectivity index (χ2v) is 5.93. The third-order valence-corrected chi connectivity index (χ3v) is 4.56. The molecular formula is C11H17N3OS. The average Bonchev–Trinajstić information content (AvgIpc) is 2.86. The molecule has 3 rings (SSSR count). The second kappa shape index (κ2) is 3.75. The molecule has 0 amide bonds. The van der Waals surface area contributed by atoms with Gasteiger partial charge >= 0.3 is 0 Å². The van der Waals surface area contributed by atoms with E-state index in [0.29, 0.717) is 18.1 Å². The van der Waals surface area contributed by atoms with Gasteiger partial charge in [-0.05, 0) is 18.0 Å². The Morgan fingerprint density at radius 2 is 2.50 bits per heavy atom. The van der Waals surface area contributed by atoms with Gasteiger partial charge in [0, 0.05) is 35.9 Å². The predicted octanol–water partition coefficient (Wildman–Crippen LogP) is 1.44. The molecule has 1 aromatic rings. The SMILES string of the molecule is CC1(C)C(NCc2csnn2)C2CCOC21. The fourth-order valence-electron chi connectivity index (χ4n) is 3.21. The zero-order valence-corrected chi connectivity index (χ0v) is 10.5. The maximum atomic E-state index is 5.77. The lowest BCUT2D eigenvalue weighted by Crippen LogP contribution is -2.65. The molecule has 16 heavy (non-hydrogen) atoms. The first-order chi connectivity index (χ1) is 7.69. The van der Waals surface area contributed by atoms with Crippen LogP contribution in [0.5, 0.6) is 0 Å². The van der Waals surface area contributed by atoms with Gasteiger partial charge in [0.1, 0.15) is 0 Å². The average molecular weight is 239 g/mol. The van der Waals surface area contributed by atoms with E-state index in [0.717, 1.165) is 18.8 Å². The summed E-state index contributed by atoms with van der Waals surface area (Å²) < 4.78 is 9.64. The molecular weight excluding hydrogens is 222 g/mol. The fourth-order valence-corrected chi connectivity index (χ4v) is 3.67. The molecule has 0 aromatic carbocycles. The molecule has 88 valence electrons. The van der Waals surface area contributed by atoms with Crippen LogP contribution >= 0.6 is 11.5 Å². The Balaban J connectivity index is 1.63. The van der Waals surface area contributed by atoms with E-state index in [-0.39, 0.29) is 5.41 Å². The Labute approximate surface area is 99.6 Å². The topological polar surface area (TPSA) is 47.0 Å². The highest BCUT2D eigenvalue weighted by Gasteiger charge is 2.58. The third kappa shape index (κ3) is 1.49. The van der Waals surface area contributed by atoms with Crippen molar-refractivity contribution in [2.45, 2.75) is 39.0 Å². The summed E-state index contributed by atoms with van der Waals surface area (Å²) in [4.78, 5) is 0. The number of rotatable bonds is 3. The zero-order chi connectivity index (χ0) is 11.2. The van der Waals surface area contributed by atoms with E-state index in [1.165, 1.54) is 18.0 Å². The van der Waals surface area contributed by atoms with Gasteiger partial charge in [0.15, 0.2) is 0 Å². The highest BCUT2D eigenvalue weighted by atomic mass is 32.1. The van der Waals surface area contributed by atoms with Crippen molar-refractivity contribution < 1.29 is 4.74 Å². The van der Waals surface area contributed by atoms with Crippen LogP contribution in [0, 0.1) is 11.3 Å². The first-order valence-corrected chi connectivity index (χ1v) is 6.64. The summed E-state index contributed by atoms with van der Waals surface area (Å²) in [6.45, 7) is 6.33. The van der Waals surface area contributed by atoms with Gasteiger partial charge in [0.2, 0.25) is 0 Å². The molecule has 1 aliphatic carbocycles. The Hall–Kier alpha value is -0.520. The molecule has 2 fully saturated rings. The predicted molar refractivity (Wildman–Crippen MR) is 62.2 cm³/mol. The van der Waals surface area contributed by atoms with Crippen molar-refractivity contribution in [2.24, 2.45) is 11.3 Å². The highest BCUT2D eigenvalue weighted by molar-refractivity contribution is 7.03. The standard InChI is InChI=1S/C11H17N3OS/c1-11(2)9(8-3-4-15-10(8)11)12-5-7-6-16-14-13-7/h6,8-10,12H,3-5H2,1-2H3. The van der Waals surface area contributed by atoms with Crippen LogP contribution in [0.15, 0.2) is 5.38 Å². The molecule has 1 saturated carbocycles. The normalized spacial score (nSPS) is 35.8. The van der Waals surface area contributed by atoms with E-state index in [1.807, 2.05) is 5.38 Å². The van der Waals surface area contributed by atoms with Crippen molar-refractivity contribution in [3.63, 3.8) is 0 Å². The summed E-state index contributed by atoms with van der Waals surface area (Å²) in [6.07, 6.45) is 1.65. The minimum absolute atomic E-state index is 0.255. The second-order valence-electron chi connectivity index (χ2n) is 5.32.